The molecule has 26 heavy (non-hydrogen) atoms. The van der Waals surface area contributed by atoms with Gasteiger partial charge in [-0.25, -0.2) is 0 Å². The van der Waals surface area contributed by atoms with Gasteiger partial charge in [0.25, 0.3) is 0 Å². The molecule has 0 amide bonds. The van der Waals surface area contributed by atoms with Crippen molar-refractivity contribution in [3.8, 4) is 0 Å². The van der Waals surface area contributed by atoms with Gasteiger partial charge in [0.05, 0.1) is 0 Å². The molecule has 3 saturated carbocycles. The van der Waals surface area contributed by atoms with Crippen LogP contribution in [0.5, 0.6) is 0 Å². The first kappa shape index (κ1) is 19.5. The summed E-state index contributed by atoms with van der Waals surface area (Å²) < 4.78 is 13.3. The van der Waals surface area contributed by atoms with E-state index in [0.29, 0.717) is 17.8 Å². The van der Waals surface area contributed by atoms with Gasteiger partial charge in [-0.3, -0.25) is 0 Å². The Balaban J connectivity index is 1.76. The van der Waals surface area contributed by atoms with Gasteiger partial charge < -0.3 is 0 Å². The van der Waals surface area contributed by atoms with Gasteiger partial charge in [-0.05, 0) is 0 Å². The summed E-state index contributed by atoms with van der Waals surface area (Å²) in [5, 5.41) is 11.4. The predicted octanol–water partition coefficient (Wildman–Crippen LogP) is 3.87. The van der Waals surface area contributed by atoms with Crippen molar-refractivity contribution in [1.29, 1.82) is 0 Å². The van der Waals surface area contributed by atoms with Gasteiger partial charge in [0, 0.05) is 0 Å². The molecule has 0 radical (unpaired) electrons. The van der Waals surface area contributed by atoms with E-state index in [9.17, 15) is 5.11 Å². The molecule has 146 valence electrons. The average molecular weight is 530 g/mol. The molecule has 0 saturated heterocycles. The Morgan fingerprint density at radius 3 is 2.50 bits per heavy atom. The number of allylic oxidation sites excluding steroid dienone is 1. The molecule has 4 aliphatic carbocycles. The maximum atomic E-state index is 11.4. The molecular weight excluding hydrogens is 496 g/mol. The van der Waals surface area contributed by atoms with Gasteiger partial charge in [0.1, 0.15) is 0 Å². The number of hydrogen-bond acceptors (Lipinski definition) is 3. The maximum absolute atomic E-state index is 11.4. The molecule has 4 aliphatic rings. The summed E-state index contributed by atoms with van der Waals surface area (Å²) in [6.07, 6.45) is 8.71. The summed E-state index contributed by atoms with van der Waals surface area (Å²) in [7, 11) is 3.53. The Morgan fingerprint density at radius 1 is 1.15 bits per heavy atom. The van der Waals surface area contributed by atoms with Gasteiger partial charge in [0.2, 0.25) is 0 Å². The zero-order valence-electron chi connectivity index (χ0n) is 16.9. The molecule has 0 heterocycles. The summed E-state index contributed by atoms with van der Waals surface area (Å²) in [6.45, 7) is 7.25. The van der Waals surface area contributed by atoms with Crippen molar-refractivity contribution in [3.63, 3.8) is 0 Å². The zero-order chi connectivity index (χ0) is 18.9. The van der Waals surface area contributed by atoms with E-state index in [-0.39, 0.29) is 16.9 Å². The number of rotatable bonds is 2. The number of aliphatic hydroxyl groups is 1. The fourth-order valence-electron chi connectivity index (χ4n) is 7.27. The van der Waals surface area contributed by atoms with Gasteiger partial charge >= 0.3 is 169 Å². The van der Waals surface area contributed by atoms with Crippen LogP contribution in [0, 0.1) is 34.5 Å². The van der Waals surface area contributed by atoms with E-state index in [2.05, 4.69) is 26.8 Å². The topological polar surface area (TPSA) is 38.7 Å². The number of methoxy groups -OCH3 is 2. The van der Waals surface area contributed by atoms with Crippen LogP contribution in [0.1, 0.15) is 59.3 Å². The summed E-state index contributed by atoms with van der Waals surface area (Å²) >= 11 is 1.64. The Morgan fingerprint density at radius 2 is 1.85 bits per heavy atom. The third kappa shape index (κ3) is 2.49. The Bertz CT molecular complexity index is 639. The first-order valence-electron chi connectivity index (χ1n) is 10.2. The van der Waals surface area contributed by atoms with E-state index < -0.39 is 5.79 Å². The number of hydrogen-bond donors (Lipinski definition) is 1. The van der Waals surface area contributed by atoms with Crippen molar-refractivity contribution < 1.29 is 33.9 Å². The third-order valence-corrected chi connectivity index (χ3v) is 11.2. The fraction of sp³-hybridized carbons (Fsp3) is 0.864. The molecule has 4 rings (SSSR count). The monoisotopic (exact) mass is 530 g/mol. The molecule has 0 spiro atoms. The standard InChI is InChI=1S/C22H34O3.W/c1-14-11-15-12-22(24-4,25-5)10-9-21(15,3)19-17(23)13-20(2)8-6-7-16(20)18(14)19;/h11,14,16-19,23H,6-7,9-10,12-13H2,1-5H3;. The van der Waals surface area contributed by atoms with E-state index in [1.54, 1.807) is 37.5 Å². The van der Waals surface area contributed by atoms with E-state index in [1.807, 2.05) is 0 Å². The molecule has 0 aliphatic heterocycles. The van der Waals surface area contributed by atoms with Gasteiger partial charge in [-0.1, -0.05) is 0 Å². The first-order valence-corrected chi connectivity index (χ1v) is 11.7. The van der Waals surface area contributed by atoms with E-state index in [0.717, 1.165) is 31.6 Å². The summed E-state index contributed by atoms with van der Waals surface area (Å²) in [5.41, 5.74) is 1.82. The van der Waals surface area contributed by atoms with E-state index in [4.69, 9.17) is 9.47 Å². The van der Waals surface area contributed by atoms with Crippen LogP contribution in [0.15, 0.2) is 11.6 Å². The molecule has 3 nitrogen and oxygen atoms in total. The summed E-state index contributed by atoms with van der Waals surface area (Å²) in [5.74, 6) is 1.76. The Labute approximate surface area is 169 Å². The third-order valence-electron chi connectivity index (χ3n) is 8.83. The van der Waals surface area contributed by atoms with Crippen LogP contribution in [-0.4, -0.2) is 35.1 Å². The Hall–Kier alpha value is 0.178. The molecule has 1 N–H and O–H groups in total. The van der Waals surface area contributed by atoms with Gasteiger partial charge in [-0.2, -0.15) is 0 Å². The average Bonchev–Trinajstić information content (AvgIpc) is 2.90. The molecule has 3 fully saturated rings. The molecule has 4 heteroatoms. The second-order valence-electron chi connectivity index (χ2n) is 9.82. The molecule has 7 atom stereocenters. The molecule has 0 aromatic carbocycles. The van der Waals surface area contributed by atoms with Crippen LogP contribution in [0.25, 0.3) is 0 Å². The fourth-order valence-corrected chi connectivity index (χ4v) is 8.54. The molecule has 0 aromatic rings. The van der Waals surface area contributed by atoms with Gasteiger partial charge in [0.15, 0.2) is 0 Å². The predicted molar refractivity (Wildman–Crippen MR) is 99.4 cm³/mol. The van der Waals surface area contributed by atoms with Gasteiger partial charge in [-0.15, -0.1) is 0 Å². The molecule has 7 unspecified atom stereocenters. The Kier molecular flexibility index (Phi) is 4.75. The van der Waals surface area contributed by atoms with Crippen molar-refractivity contribution in [1.82, 2.24) is 0 Å². The quantitative estimate of drug-likeness (QED) is 0.436. The van der Waals surface area contributed by atoms with Crippen LogP contribution in [0.2, 0.25) is 0 Å². The zero-order valence-corrected chi connectivity index (χ0v) is 19.8. The van der Waals surface area contributed by atoms with Crippen LogP contribution in [0.4, 0.5) is 0 Å². The second kappa shape index (κ2) is 6.34. The SMILES string of the molecule is COC1(OC)CCC2(C)C(=CC(C)C3C4CC[C](=[W])C4(C)CC(O)C32)C1. The van der Waals surface area contributed by atoms with Crippen LogP contribution in [-0.2, 0) is 28.8 Å². The minimum absolute atomic E-state index is 0.0852. The molecule has 0 aromatic heterocycles. The molecule has 0 bridgehead atoms. The van der Waals surface area contributed by atoms with Crippen molar-refractivity contribution in [2.75, 3.05) is 14.2 Å². The number of ether oxygens (including phenoxy) is 2. The summed E-state index contributed by atoms with van der Waals surface area (Å²) in [6, 6.07) is 0. The van der Waals surface area contributed by atoms with E-state index >= 15 is 0 Å². The number of aliphatic hydroxyl groups excluding tert-OH is 1. The number of fused-ring (bicyclic) bond motifs is 5. The summed E-state index contributed by atoms with van der Waals surface area (Å²) in [4.78, 5) is 0. The van der Waals surface area contributed by atoms with E-state index in [1.165, 1.54) is 18.4 Å². The van der Waals surface area contributed by atoms with Crippen molar-refractivity contribution in [2.24, 2.45) is 34.5 Å². The minimum atomic E-state index is -0.479. The first-order chi connectivity index (χ1) is 12.2. The van der Waals surface area contributed by atoms with Crippen molar-refractivity contribution in [3.05, 3.63) is 11.6 Å². The van der Waals surface area contributed by atoms with Crippen LogP contribution < -0.4 is 0 Å². The van der Waals surface area contributed by atoms with Crippen LogP contribution >= 0.6 is 0 Å². The second-order valence-corrected chi connectivity index (χ2v) is 11.6. The normalized spacial score (nSPS) is 49.8. The van der Waals surface area contributed by atoms with Crippen molar-refractivity contribution in [2.45, 2.75) is 71.2 Å². The van der Waals surface area contributed by atoms with Crippen molar-refractivity contribution >= 4 is 3.90 Å². The molecular formula is C22H34O3W. The van der Waals surface area contributed by atoms with Crippen LogP contribution in [0.3, 0.4) is 0 Å².